The van der Waals surface area contributed by atoms with Crippen molar-refractivity contribution in [2.75, 3.05) is 0 Å². The minimum absolute atomic E-state index is 0.382. The second-order valence-electron chi connectivity index (χ2n) is 2.42. The molecule has 3 heteroatoms. The number of hydrogen-bond donors (Lipinski definition) is 2. The Morgan fingerprint density at radius 3 is 2.55 bits per heavy atom. The van der Waals surface area contributed by atoms with Crippen molar-refractivity contribution < 1.29 is 15.0 Å². The van der Waals surface area contributed by atoms with Gasteiger partial charge in [0.05, 0.1) is 0 Å². The van der Waals surface area contributed by atoms with Crippen LogP contribution in [0.25, 0.3) is 0 Å². The van der Waals surface area contributed by atoms with Crippen molar-refractivity contribution in [2.24, 2.45) is 0 Å². The van der Waals surface area contributed by atoms with E-state index in [2.05, 4.69) is 0 Å². The largest absolute Gasteiger partial charge is 0.386 e. The van der Waals surface area contributed by atoms with Crippen LogP contribution in [-0.2, 0) is 4.79 Å². The maximum atomic E-state index is 11.0. The number of ketones is 1. The average Bonchev–Trinajstić information content (AvgIpc) is 2.19. The van der Waals surface area contributed by atoms with Gasteiger partial charge in [-0.2, -0.15) is 0 Å². The molecule has 2 atom stereocenters. The molecule has 0 aliphatic heterocycles. The van der Waals surface area contributed by atoms with Crippen molar-refractivity contribution in [3.05, 3.63) is 23.8 Å². The van der Waals surface area contributed by atoms with E-state index >= 15 is 0 Å². The number of aliphatic hydroxyl groups excluding tert-OH is 2. The smallest absolute Gasteiger partial charge is 0.194 e. The molecule has 0 radical (unpaired) electrons. The lowest BCUT2D eigenvalue weighted by Gasteiger charge is -2.02. The highest BCUT2D eigenvalue weighted by Gasteiger charge is 2.31. The Kier molecular flexibility index (Phi) is 2.22. The number of allylic oxidation sites excluding steroid dienone is 2. The molecule has 1 aliphatic carbocycles. The maximum Gasteiger partial charge on any atom is 0.194 e. The van der Waals surface area contributed by atoms with Gasteiger partial charge >= 0.3 is 0 Å². The second kappa shape index (κ2) is 2.98. The molecule has 0 saturated carbocycles. The molecule has 0 amide bonds. The standard InChI is InChI=1S/C8H10O3/c1-2-3-5-4-6(9)8(11)7(5)10/h2-4,6,8-9,11H,1H3/b3-2+/t6-,8+/m1/s1. The molecule has 0 aromatic rings. The Hall–Kier alpha value is -0.930. The Balaban J connectivity index is 2.83. The molecular weight excluding hydrogens is 144 g/mol. The minimum Gasteiger partial charge on any atom is -0.386 e. The third-order valence-corrected chi connectivity index (χ3v) is 1.57. The molecule has 0 saturated heterocycles. The second-order valence-corrected chi connectivity index (χ2v) is 2.42. The van der Waals surface area contributed by atoms with Gasteiger partial charge < -0.3 is 10.2 Å². The quantitative estimate of drug-likeness (QED) is 0.549. The van der Waals surface area contributed by atoms with Crippen molar-refractivity contribution in [2.45, 2.75) is 19.1 Å². The molecule has 0 bridgehead atoms. The lowest BCUT2D eigenvalue weighted by molar-refractivity contribution is -0.125. The fraction of sp³-hybridized carbons (Fsp3) is 0.375. The summed E-state index contributed by atoms with van der Waals surface area (Å²) in [6.45, 7) is 1.77. The Morgan fingerprint density at radius 1 is 1.55 bits per heavy atom. The van der Waals surface area contributed by atoms with Gasteiger partial charge in [0, 0.05) is 5.57 Å². The van der Waals surface area contributed by atoms with Gasteiger partial charge in [0.15, 0.2) is 5.78 Å². The molecular formula is C8H10O3. The van der Waals surface area contributed by atoms with Crippen LogP contribution in [0.5, 0.6) is 0 Å². The van der Waals surface area contributed by atoms with E-state index in [1.54, 1.807) is 19.1 Å². The zero-order valence-electron chi connectivity index (χ0n) is 6.19. The summed E-state index contributed by atoms with van der Waals surface area (Å²) >= 11 is 0. The van der Waals surface area contributed by atoms with Gasteiger partial charge in [-0.1, -0.05) is 12.2 Å². The summed E-state index contributed by atoms with van der Waals surface area (Å²) in [6.07, 6.45) is 2.32. The summed E-state index contributed by atoms with van der Waals surface area (Å²) in [5.41, 5.74) is 0.382. The first-order valence-electron chi connectivity index (χ1n) is 3.41. The SMILES string of the molecule is C/C=C/C1=C[C@@H](O)[C@H](O)C1=O. The van der Waals surface area contributed by atoms with Gasteiger partial charge in [0.1, 0.15) is 12.2 Å². The Labute approximate surface area is 64.7 Å². The molecule has 60 valence electrons. The molecule has 0 fully saturated rings. The Bertz CT molecular complexity index is 227. The van der Waals surface area contributed by atoms with E-state index in [9.17, 15) is 4.79 Å². The van der Waals surface area contributed by atoms with Gasteiger partial charge in [-0.15, -0.1) is 0 Å². The fourth-order valence-electron chi connectivity index (χ4n) is 1.00. The van der Waals surface area contributed by atoms with E-state index in [-0.39, 0.29) is 0 Å². The molecule has 1 rings (SSSR count). The summed E-state index contributed by atoms with van der Waals surface area (Å²) in [7, 11) is 0. The first kappa shape index (κ1) is 8.17. The number of aliphatic hydroxyl groups is 2. The molecule has 0 unspecified atom stereocenters. The number of rotatable bonds is 1. The highest BCUT2D eigenvalue weighted by atomic mass is 16.3. The molecule has 11 heavy (non-hydrogen) atoms. The maximum absolute atomic E-state index is 11.0. The molecule has 0 spiro atoms. The first-order valence-corrected chi connectivity index (χ1v) is 3.41. The normalized spacial score (nSPS) is 31.5. The van der Waals surface area contributed by atoms with Gasteiger partial charge in [-0.25, -0.2) is 0 Å². The highest BCUT2D eigenvalue weighted by molar-refractivity contribution is 6.04. The van der Waals surface area contributed by atoms with Gasteiger partial charge in [-0.3, -0.25) is 4.79 Å². The van der Waals surface area contributed by atoms with E-state index in [4.69, 9.17) is 10.2 Å². The lowest BCUT2D eigenvalue weighted by atomic mass is 10.2. The topological polar surface area (TPSA) is 57.5 Å². The van der Waals surface area contributed by atoms with Crippen molar-refractivity contribution >= 4 is 5.78 Å². The van der Waals surface area contributed by atoms with E-state index in [0.29, 0.717) is 5.57 Å². The zero-order valence-corrected chi connectivity index (χ0v) is 6.19. The predicted octanol–water partition coefficient (Wildman–Crippen LogP) is -0.207. The van der Waals surface area contributed by atoms with Gasteiger partial charge in [-0.05, 0) is 13.0 Å². The molecule has 3 nitrogen and oxygen atoms in total. The summed E-state index contributed by atoms with van der Waals surface area (Å²) < 4.78 is 0. The van der Waals surface area contributed by atoms with Crippen molar-refractivity contribution in [1.29, 1.82) is 0 Å². The minimum atomic E-state index is -1.26. The van der Waals surface area contributed by atoms with E-state index in [0.717, 1.165) is 0 Å². The molecule has 0 aromatic heterocycles. The first-order chi connectivity index (χ1) is 5.16. The summed E-state index contributed by atoms with van der Waals surface area (Å²) in [5.74, 6) is -0.407. The molecule has 2 N–H and O–H groups in total. The van der Waals surface area contributed by atoms with Crippen LogP contribution in [0.3, 0.4) is 0 Å². The van der Waals surface area contributed by atoms with E-state index in [1.165, 1.54) is 6.08 Å². The Morgan fingerprint density at radius 2 is 2.18 bits per heavy atom. The summed E-state index contributed by atoms with van der Waals surface area (Å²) in [4.78, 5) is 11.0. The molecule has 1 aliphatic rings. The number of carbonyl (C=O) groups is 1. The molecule has 0 heterocycles. The van der Waals surface area contributed by atoms with Crippen LogP contribution in [-0.4, -0.2) is 28.2 Å². The van der Waals surface area contributed by atoms with Crippen molar-refractivity contribution in [3.8, 4) is 0 Å². The van der Waals surface area contributed by atoms with Crippen LogP contribution in [0.15, 0.2) is 23.8 Å². The average molecular weight is 154 g/mol. The van der Waals surface area contributed by atoms with Crippen LogP contribution >= 0.6 is 0 Å². The summed E-state index contributed by atoms with van der Waals surface area (Å²) in [6, 6.07) is 0. The molecule has 0 aromatic carbocycles. The van der Waals surface area contributed by atoms with Crippen molar-refractivity contribution in [1.82, 2.24) is 0 Å². The van der Waals surface area contributed by atoms with Gasteiger partial charge in [0.25, 0.3) is 0 Å². The number of Topliss-reactive ketones (excluding diaryl/α,β-unsaturated/α-hetero) is 1. The lowest BCUT2D eigenvalue weighted by Crippen LogP contribution is -2.26. The number of hydrogen-bond acceptors (Lipinski definition) is 3. The zero-order chi connectivity index (χ0) is 8.43. The van der Waals surface area contributed by atoms with Crippen LogP contribution in [0.1, 0.15) is 6.92 Å². The third-order valence-electron chi connectivity index (χ3n) is 1.57. The fourth-order valence-corrected chi connectivity index (χ4v) is 1.00. The number of carbonyl (C=O) groups excluding carboxylic acids is 1. The van der Waals surface area contributed by atoms with Crippen LogP contribution in [0, 0.1) is 0 Å². The summed E-state index contributed by atoms with van der Waals surface area (Å²) in [5, 5.41) is 18.0. The van der Waals surface area contributed by atoms with Crippen LogP contribution in [0.2, 0.25) is 0 Å². The van der Waals surface area contributed by atoms with E-state index in [1.807, 2.05) is 0 Å². The van der Waals surface area contributed by atoms with E-state index < -0.39 is 18.0 Å². The third kappa shape index (κ3) is 1.39. The van der Waals surface area contributed by atoms with Crippen molar-refractivity contribution in [3.63, 3.8) is 0 Å². The van der Waals surface area contributed by atoms with Crippen LogP contribution in [0.4, 0.5) is 0 Å². The van der Waals surface area contributed by atoms with Crippen LogP contribution < -0.4 is 0 Å². The highest BCUT2D eigenvalue weighted by Crippen LogP contribution is 2.16. The van der Waals surface area contributed by atoms with Gasteiger partial charge in [0.2, 0.25) is 0 Å². The monoisotopic (exact) mass is 154 g/mol. The predicted molar refractivity (Wildman–Crippen MR) is 39.9 cm³/mol.